The van der Waals surface area contributed by atoms with Gasteiger partial charge in [-0.25, -0.2) is 0 Å². The molecule has 0 radical (unpaired) electrons. The molecule has 3 rings (SSSR count). The number of anilines is 1. The van der Waals surface area contributed by atoms with Crippen molar-refractivity contribution in [3.63, 3.8) is 0 Å². The molecule has 0 aliphatic carbocycles. The molecule has 2 aromatic carbocycles. The van der Waals surface area contributed by atoms with Gasteiger partial charge in [-0.05, 0) is 24.3 Å². The Labute approximate surface area is 130 Å². The average molecular weight is 287 g/mol. The molecule has 0 spiro atoms. The minimum absolute atomic E-state index is 0.854. The summed E-state index contributed by atoms with van der Waals surface area (Å²) >= 11 is 0. The molecule has 3 heteroatoms. The molecule has 0 bridgehead atoms. The second kappa shape index (κ2) is 6.68. The van der Waals surface area contributed by atoms with E-state index in [0.29, 0.717) is 0 Å². The van der Waals surface area contributed by atoms with Gasteiger partial charge in [-0.15, -0.1) is 0 Å². The van der Waals surface area contributed by atoms with Crippen LogP contribution in [0.2, 0.25) is 0 Å². The molecule has 3 aromatic rings. The van der Waals surface area contributed by atoms with Crippen LogP contribution in [0.4, 0.5) is 5.69 Å². The zero-order chi connectivity index (χ0) is 15.2. The highest BCUT2D eigenvalue weighted by Gasteiger charge is 2.09. The highest BCUT2D eigenvalue weighted by Crippen LogP contribution is 2.15. The fourth-order valence-corrected chi connectivity index (χ4v) is 2.21. The van der Waals surface area contributed by atoms with Gasteiger partial charge in [0.1, 0.15) is 5.71 Å². The third-order valence-electron chi connectivity index (χ3n) is 3.33. The zero-order valence-corrected chi connectivity index (χ0v) is 12.4. The highest BCUT2D eigenvalue weighted by molar-refractivity contribution is 6.11. The molecule has 0 amide bonds. The van der Waals surface area contributed by atoms with Gasteiger partial charge >= 0.3 is 0 Å². The topological polar surface area (TPSA) is 28.5 Å². The van der Waals surface area contributed by atoms with E-state index < -0.39 is 0 Å². The molecule has 1 heterocycles. The number of nitrogens with zero attached hydrogens (tertiary/aromatic N) is 3. The van der Waals surface area contributed by atoms with Gasteiger partial charge in [0.05, 0.1) is 11.4 Å². The number of para-hydroxylation sites is 1. The summed E-state index contributed by atoms with van der Waals surface area (Å²) in [6.45, 7) is 0. The predicted molar refractivity (Wildman–Crippen MR) is 91.2 cm³/mol. The van der Waals surface area contributed by atoms with E-state index in [9.17, 15) is 0 Å². The normalized spacial score (nSPS) is 11.2. The van der Waals surface area contributed by atoms with Crippen LogP contribution < -0.4 is 5.01 Å². The Hall–Kier alpha value is -2.94. The van der Waals surface area contributed by atoms with E-state index in [4.69, 9.17) is 5.10 Å². The van der Waals surface area contributed by atoms with Crippen LogP contribution >= 0.6 is 0 Å². The van der Waals surface area contributed by atoms with Crippen LogP contribution in [0.1, 0.15) is 11.3 Å². The lowest BCUT2D eigenvalue weighted by atomic mass is 10.1. The van der Waals surface area contributed by atoms with Crippen LogP contribution in [-0.4, -0.2) is 17.7 Å². The largest absolute Gasteiger partial charge is 0.268 e. The molecule has 0 saturated heterocycles. The Balaban J connectivity index is 2.04. The van der Waals surface area contributed by atoms with Crippen LogP contribution in [0.5, 0.6) is 0 Å². The fraction of sp³-hybridized carbons (Fsp3) is 0.0526. The Kier molecular flexibility index (Phi) is 4.25. The van der Waals surface area contributed by atoms with Crippen molar-refractivity contribution in [3.8, 4) is 0 Å². The number of aromatic nitrogens is 1. The van der Waals surface area contributed by atoms with Gasteiger partial charge in [0, 0.05) is 18.8 Å². The van der Waals surface area contributed by atoms with Crippen molar-refractivity contribution < 1.29 is 0 Å². The smallest absolute Gasteiger partial charge is 0.116 e. The van der Waals surface area contributed by atoms with Crippen LogP contribution in [0.25, 0.3) is 0 Å². The number of rotatable bonds is 4. The molecule has 22 heavy (non-hydrogen) atoms. The monoisotopic (exact) mass is 287 g/mol. The van der Waals surface area contributed by atoms with E-state index in [1.54, 1.807) is 6.20 Å². The molecule has 0 saturated carbocycles. The van der Waals surface area contributed by atoms with Crippen molar-refractivity contribution in [1.29, 1.82) is 0 Å². The molecule has 1 aromatic heterocycles. The van der Waals surface area contributed by atoms with E-state index in [1.165, 1.54) is 0 Å². The minimum Gasteiger partial charge on any atom is -0.268 e. The molecule has 0 unspecified atom stereocenters. The summed E-state index contributed by atoms with van der Waals surface area (Å²) in [6, 6.07) is 26.0. The summed E-state index contributed by atoms with van der Waals surface area (Å²) in [5.74, 6) is 0. The maximum Gasteiger partial charge on any atom is 0.116 e. The van der Waals surface area contributed by atoms with Gasteiger partial charge < -0.3 is 0 Å². The molecular formula is C19H17N3. The van der Waals surface area contributed by atoms with Gasteiger partial charge in [0.25, 0.3) is 0 Å². The molecule has 0 N–H and O–H groups in total. The van der Waals surface area contributed by atoms with Crippen LogP contribution in [0.3, 0.4) is 0 Å². The van der Waals surface area contributed by atoms with E-state index in [1.807, 2.05) is 90.9 Å². The van der Waals surface area contributed by atoms with Crippen molar-refractivity contribution in [2.75, 3.05) is 12.1 Å². The Morgan fingerprint density at radius 3 is 2.09 bits per heavy atom. The van der Waals surface area contributed by atoms with Crippen molar-refractivity contribution in [3.05, 3.63) is 96.3 Å². The Morgan fingerprint density at radius 1 is 0.818 bits per heavy atom. The molecule has 0 aliphatic heterocycles. The second-order valence-electron chi connectivity index (χ2n) is 4.89. The minimum atomic E-state index is 0.854. The van der Waals surface area contributed by atoms with E-state index in [-0.39, 0.29) is 0 Å². The first-order valence-corrected chi connectivity index (χ1v) is 7.19. The predicted octanol–water partition coefficient (Wildman–Crippen LogP) is 3.97. The molecule has 3 nitrogen and oxygen atoms in total. The lowest BCUT2D eigenvalue weighted by Crippen LogP contribution is -2.15. The third-order valence-corrected chi connectivity index (χ3v) is 3.33. The maximum absolute atomic E-state index is 4.77. The summed E-state index contributed by atoms with van der Waals surface area (Å²) in [7, 11) is 1.95. The van der Waals surface area contributed by atoms with Gasteiger partial charge in [-0.2, -0.15) is 5.10 Å². The first-order valence-electron chi connectivity index (χ1n) is 7.19. The Bertz CT molecular complexity index is 696. The van der Waals surface area contributed by atoms with Crippen LogP contribution in [-0.2, 0) is 0 Å². The van der Waals surface area contributed by atoms with E-state index in [0.717, 1.165) is 22.7 Å². The lowest BCUT2D eigenvalue weighted by Gasteiger charge is -2.16. The number of hydrazone groups is 1. The third kappa shape index (κ3) is 3.20. The maximum atomic E-state index is 4.77. The van der Waals surface area contributed by atoms with Gasteiger partial charge in [-0.3, -0.25) is 9.99 Å². The van der Waals surface area contributed by atoms with Gasteiger partial charge in [0.15, 0.2) is 0 Å². The highest BCUT2D eigenvalue weighted by atomic mass is 15.4. The quantitative estimate of drug-likeness (QED) is 0.536. The average Bonchev–Trinajstić information content (AvgIpc) is 2.62. The number of hydrogen-bond donors (Lipinski definition) is 0. The summed E-state index contributed by atoms with van der Waals surface area (Å²) in [4.78, 5) is 4.44. The summed E-state index contributed by atoms with van der Waals surface area (Å²) in [5.41, 5.74) is 3.79. The van der Waals surface area contributed by atoms with Crippen LogP contribution in [0, 0.1) is 0 Å². The molecule has 0 aliphatic rings. The van der Waals surface area contributed by atoms with E-state index >= 15 is 0 Å². The molecule has 0 atom stereocenters. The number of pyridine rings is 1. The summed E-state index contributed by atoms with van der Waals surface area (Å²) in [5, 5.41) is 6.65. The van der Waals surface area contributed by atoms with Crippen molar-refractivity contribution in [1.82, 2.24) is 4.98 Å². The molecule has 0 fully saturated rings. The molecular weight excluding hydrogens is 270 g/mol. The summed E-state index contributed by atoms with van der Waals surface area (Å²) in [6.07, 6.45) is 1.79. The van der Waals surface area contributed by atoms with E-state index in [2.05, 4.69) is 4.98 Å². The lowest BCUT2D eigenvalue weighted by molar-refractivity contribution is 1.01. The zero-order valence-electron chi connectivity index (χ0n) is 12.4. The van der Waals surface area contributed by atoms with Crippen molar-refractivity contribution in [2.24, 2.45) is 5.10 Å². The standard InChI is InChI=1S/C19H17N3/c1-22(17-12-6-3-7-13-17)21-19(16-10-4-2-5-11-16)18-14-8-9-15-20-18/h2-15H,1H3. The second-order valence-corrected chi connectivity index (χ2v) is 4.89. The number of hydrogen-bond acceptors (Lipinski definition) is 3. The first-order chi connectivity index (χ1) is 10.8. The Morgan fingerprint density at radius 2 is 1.45 bits per heavy atom. The van der Waals surface area contributed by atoms with Gasteiger partial charge in [-0.1, -0.05) is 54.6 Å². The van der Waals surface area contributed by atoms with Crippen LogP contribution in [0.15, 0.2) is 90.2 Å². The fourth-order valence-electron chi connectivity index (χ4n) is 2.21. The number of benzene rings is 2. The first kappa shape index (κ1) is 14.0. The van der Waals surface area contributed by atoms with Crippen molar-refractivity contribution in [2.45, 2.75) is 0 Å². The molecule has 108 valence electrons. The van der Waals surface area contributed by atoms with Gasteiger partial charge in [0.2, 0.25) is 0 Å². The SMILES string of the molecule is CN(N=C(c1ccccc1)c1ccccn1)c1ccccc1. The van der Waals surface area contributed by atoms with Crippen molar-refractivity contribution >= 4 is 11.4 Å². The summed E-state index contributed by atoms with van der Waals surface area (Å²) < 4.78 is 0.